The van der Waals surface area contributed by atoms with E-state index in [1.54, 1.807) is 0 Å². The van der Waals surface area contributed by atoms with E-state index in [2.05, 4.69) is 0 Å². The lowest BCUT2D eigenvalue weighted by Crippen LogP contribution is -2.68. The predicted octanol–water partition coefficient (Wildman–Crippen LogP) is 2.93. The van der Waals surface area contributed by atoms with Gasteiger partial charge in [-0.1, -0.05) is 0 Å². The maximum Gasteiger partial charge on any atom is 0.460 e. The van der Waals surface area contributed by atoms with Gasteiger partial charge in [-0.25, -0.2) is 0 Å². The van der Waals surface area contributed by atoms with Gasteiger partial charge in [-0.15, -0.1) is 0 Å². The molecule has 0 amide bonds. The second kappa shape index (κ2) is 5.38. The van der Waals surface area contributed by atoms with E-state index in [4.69, 9.17) is 10.2 Å². The van der Waals surface area contributed by atoms with E-state index >= 15 is 0 Å². The Balaban J connectivity index is 5.94. The van der Waals surface area contributed by atoms with E-state index in [0.717, 1.165) is 0 Å². The molecule has 132 valence electrons. The molecule has 0 aliphatic heterocycles. The highest BCUT2D eigenvalue weighted by atomic mass is 19.4. The van der Waals surface area contributed by atoms with Crippen LogP contribution in [0.2, 0.25) is 0 Å². The number of rotatable bonds is 6. The van der Waals surface area contributed by atoms with Crippen LogP contribution in [0.15, 0.2) is 0 Å². The zero-order valence-electron chi connectivity index (χ0n) is 9.74. The normalized spacial score (nSPS) is 16.5. The molecule has 0 saturated carbocycles. The van der Waals surface area contributed by atoms with Crippen molar-refractivity contribution in [2.45, 2.75) is 42.4 Å². The van der Waals surface area contributed by atoms with Crippen molar-refractivity contribution >= 4 is 5.97 Å². The fourth-order valence-corrected chi connectivity index (χ4v) is 1.09. The number of aliphatic hydroxyl groups excluding tert-OH is 1. The number of carboxylic acid groups (broad SMARTS) is 1. The molecule has 0 bridgehead atoms. The zero-order valence-corrected chi connectivity index (χ0v) is 9.74. The number of halogens is 11. The largest absolute Gasteiger partial charge is 0.481 e. The van der Waals surface area contributed by atoms with E-state index in [9.17, 15) is 53.1 Å². The number of carbonyl (C=O) groups is 1. The van der Waals surface area contributed by atoms with Crippen molar-refractivity contribution in [2.24, 2.45) is 0 Å². The summed E-state index contributed by atoms with van der Waals surface area (Å²) in [5, 5.41) is 16.4. The minimum Gasteiger partial charge on any atom is -0.481 e. The van der Waals surface area contributed by atoms with Crippen LogP contribution < -0.4 is 0 Å². The first-order chi connectivity index (χ1) is 9.34. The Bertz CT molecular complexity index is 428. The van der Waals surface area contributed by atoms with Crippen LogP contribution in [0, 0.1) is 0 Å². The van der Waals surface area contributed by atoms with Crippen LogP contribution in [0.3, 0.4) is 0 Å². The predicted molar refractivity (Wildman–Crippen MR) is 44.1 cm³/mol. The summed E-state index contributed by atoms with van der Waals surface area (Å²) in [5.74, 6) is -31.7. The Labute approximate surface area is 113 Å². The summed E-state index contributed by atoms with van der Waals surface area (Å²) in [6.45, 7) is 0. The minimum atomic E-state index is -7.67. The first-order valence-electron chi connectivity index (χ1n) is 4.82. The van der Waals surface area contributed by atoms with Crippen LogP contribution in [-0.4, -0.2) is 52.2 Å². The molecule has 1 atom stereocenters. The Morgan fingerprint density at radius 3 is 1.41 bits per heavy atom. The van der Waals surface area contributed by atoms with Crippen molar-refractivity contribution < 1.29 is 63.3 Å². The molecule has 0 radical (unpaired) electrons. The summed E-state index contributed by atoms with van der Waals surface area (Å²) in [6.07, 6.45) is -13.8. The molecule has 0 aliphatic rings. The molecule has 0 heterocycles. The van der Waals surface area contributed by atoms with Crippen LogP contribution >= 0.6 is 0 Å². The van der Waals surface area contributed by atoms with Gasteiger partial charge >= 0.3 is 35.8 Å². The molecule has 14 heteroatoms. The Morgan fingerprint density at radius 1 is 0.773 bits per heavy atom. The summed E-state index contributed by atoms with van der Waals surface area (Å²) in [4.78, 5) is 9.94. The topological polar surface area (TPSA) is 57.5 Å². The zero-order chi connectivity index (χ0) is 18.4. The summed E-state index contributed by atoms with van der Waals surface area (Å²) in [6, 6.07) is 0. The molecular weight excluding hydrogens is 353 g/mol. The van der Waals surface area contributed by atoms with Gasteiger partial charge in [0, 0.05) is 0 Å². The first-order valence-corrected chi connectivity index (χ1v) is 4.82. The van der Waals surface area contributed by atoms with E-state index < -0.39 is 48.4 Å². The van der Waals surface area contributed by atoms with Crippen LogP contribution in [0.1, 0.15) is 6.42 Å². The van der Waals surface area contributed by atoms with E-state index in [1.807, 2.05) is 0 Å². The smallest absolute Gasteiger partial charge is 0.460 e. The minimum absolute atomic E-state index is 2.31. The number of aliphatic carboxylic acids is 1. The summed E-state index contributed by atoms with van der Waals surface area (Å²) >= 11 is 0. The number of hydrogen-bond acceptors (Lipinski definition) is 2. The first kappa shape index (κ1) is 20.7. The van der Waals surface area contributed by atoms with Crippen molar-refractivity contribution in [3.63, 3.8) is 0 Å². The molecule has 0 spiro atoms. The third-order valence-electron chi connectivity index (χ3n) is 2.35. The lowest BCUT2D eigenvalue weighted by molar-refractivity contribution is -0.428. The number of alkyl halides is 11. The molecule has 22 heavy (non-hydrogen) atoms. The van der Waals surface area contributed by atoms with Gasteiger partial charge in [0.05, 0.1) is 6.42 Å². The van der Waals surface area contributed by atoms with Crippen molar-refractivity contribution in [3.05, 3.63) is 0 Å². The SMILES string of the molecule is O=C(O)CC(O)C(F)(F)C(F)(F)C(F)(F)C(F)(F)C(F)(F)F. The quantitative estimate of drug-likeness (QED) is 0.718. The molecule has 0 aromatic carbocycles. The van der Waals surface area contributed by atoms with Gasteiger partial charge in [-0.05, 0) is 0 Å². The number of hydrogen-bond donors (Lipinski definition) is 2. The van der Waals surface area contributed by atoms with Gasteiger partial charge in [0.2, 0.25) is 0 Å². The third-order valence-corrected chi connectivity index (χ3v) is 2.35. The Morgan fingerprint density at radius 2 is 1.14 bits per heavy atom. The molecule has 0 rings (SSSR count). The summed E-state index contributed by atoms with van der Waals surface area (Å²) < 4.78 is 137. The monoisotopic (exact) mass is 358 g/mol. The van der Waals surface area contributed by atoms with Gasteiger partial charge in [0.1, 0.15) is 6.10 Å². The van der Waals surface area contributed by atoms with Crippen molar-refractivity contribution in [1.82, 2.24) is 0 Å². The molecule has 0 fully saturated rings. The molecule has 0 aliphatic carbocycles. The number of carboxylic acids is 1. The van der Waals surface area contributed by atoms with Crippen LogP contribution in [0.5, 0.6) is 0 Å². The second-order valence-corrected chi connectivity index (χ2v) is 3.96. The van der Waals surface area contributed by atoms with E-state index in [0.29, 0.717) is 0 Å². The summed E-state index contributed by atoms with van der Waals surface area (Å²) in [5.41, 5.74) is 0. The maximum absolute atomic E-state index is 12.9. The van der Waals surface area contributed by atoms with E-state index in [1.165, 1.54) is 0 Å². The second-order valence-electron chi connectivity index (χ2n) is 3.96. The van der Waals surface area contributed by atoms with Gasteiger partial charge in [0.15, 0.2) is 0 Å². The molecule has 2 N–H and O–H groups in total. The highest BCUT2D eigenvalue weighted by molar-refractivity contribution is 5.67. The average molecular weight is 358 g/mol. The Kier molecular flexibility index (Phi) is 5.06. The van der Waals surface area contributed by atoms with Crippen molar-refractivity contribution in [3.8, 4) is 0 Å². The van der Waals surface area contributed by atoms with Gasteiger partial charge in [-0.2, -0.15) is 48.3 Å². The number of aliphatic hydroxyl groups is 1. The van der Waals surface area contributed by atoms with Gasteiger partial charge in [-0.3, -0.25) is 4.79 Å². The lowest BCUT2D eigenvalue weighted by Gasteiger charge is -2.38. The standard InChI is InChI=1S/C8H5F11O3/c9-4(10,2(20)1-3(21)22)5(11,12)6(13,14)7(15,16)8(17,18)19/h2,20H,1H2,(H,21,22). The van der Waals surface area contributed by atoms with E-state index in [-0.39, 0.29) is 0 Å². The fourth-order valence-electron chi connectivity index (χ4n) is 1.09. The molecule has 3 nitrogen and oxygen atoms in total. The van der Waals surface area contributed by atoms with Gasteiger partial charge in [0.25, 0.3) is 0 Å². The lowest BCUT2D eigenvalue weighted by atomic mass is 9.93. The van der Waals surface area contributed by atoms with Crippen molar-refractivity contribution in [2.75, 3.05) is 0 Å². The molecular formula is C8H5F11O3. The van der Waals surface area contributed by atoms with Gasteiger partial charge < -0.3 is 10.2 Å². The fraction of sp³-hybridized carbons (Fsp3) is 0.875. The maximum atomic E-state index is 12.9. The highest BCUT2D eigenvalue weighted by Crippen LogP contribution is 2.58. The molecule has 0 aromatic rings. The van der Waals surface area contributed by atoms with Crippen LogP contribution in [0.4, 0.5) is 48.3 Å². The van der Waals surface area contributed by atoms with Crippen LogP contribution in [-0.2, 0) is 4.79 Å². The van der Waals surface area contributed by atoms with Crippen LogP contribution in [0.25, 0.3) is 0 Å². The molecule has 0 saturated heterocycles. The Hall–Kier alpha value is -1.34. The molecule has 1 unspecified atom stereocenters. The molecule has 0 aromatic heterocycles. The average Bonchev–Trinajstić information content (AvgIpc) is 2.25. The van der Waals surface area contributed by atoms with Crippen molar-refractivity contribution in [1.29, 1.82) is 0 Å². The third kappa shape index (κ3) is 2.92. The highest BCUT2D eigenvalue weighted by Gasteiger charge is 2.87. The summed E-state index contributed by atoms with van der Waals surface area (Å²) in [7, 11) is 0.